The molecule has 1 aromatic heterocycles. The quantitative estimate of drug-likeness (QED) is 0.875. The van der Waals surface area contributed by atoms with Gasteiger partial charge in [-0.15, -0.1) is 0 Å². The van der Waals surface area contributed by atoms with Gasteiger partial charge >= 0.3 is 5.97 Å². The van der Waals surface area contributed by atoms with Crippen molar-refractivity contribution in [1.29, 1.82) is 0 Å². The van der Waals surface area contributed by atoms with Crippen molar-refractivity contribution >= 4 is 17.6 Å². The van der Waals surface area contributed by atoms with Gasteiger partial charge in [-0.2, -0.15) is 0 Å². The molecule has 0 radical (unpaired) electrons. The van der Waals surface area contributed by atoms with E-state index in [1.807, 2.05) is 0 Å². The third kappa shape index (κ3) is 1.92. The van der Waals surface area contributed by atoms with Crippen LogP contribution in [0, 0.1) is 5.82 Å². The number of furan rings is 1. The fourth-order valence-electron chi connectivity index (χ4n) is 1.26. The maximum Gasteiger partial charge on any atom is 0.371 e. The zero-order valence-electron chi connectivity index (χ0n) is 7.91. The van der Waals surface area contributed by atoms with E-state index in [9.17, 15) is 9.18 Å². The molecule has 0 fully saturated rings. The fraction of sp³-hybridized carbons (Fsp3) is 0. The van der Waals surface area contributed by atoms with E-state index in [1.165, 1.54) is 30.3 Å². The van der Waals surface area contributed by atoms with Crippen LogP contribution in [-0.2, 0) is 0 Å². The molecule has 3 nitrogen and oxygen atoms in total. The summed E-state index contributed by atoms with van der Waals surface area (Å²) in [6.45, 7) is 0. The van der Waals surface area contributed by atoms with Crippen molar-refractivity contribution < 1.29 is 18.7 Å². The van der Waals surface area contributed by atoms with E-state index in [1.54, 1.807) is 0 Å². The molecular formula is C11H6ClFO3. The molecule has 0 aliphatic heterocycles. The summed E-state index contributed by atoms with van der Waals surface area (Å²) in [5.74, 6) is -1.52. The number of hydrogen-bond donors (Lipinski definition) is 1. The predicted molar refractivity (Wildman–Crippen MR) is 56.1 cm³/mol. The lowest BCUT2D eigenvalue weighted by molar-refractivity contribution is 0.0663. The Balaban J connectivity index is 2.42. The van der Waals surface area contributed by atoms with E-state index in [-0.39, 0.29) is 10.8 Å². The number of hydrogen-bond acceptors (Lipinski definition) is 2. The monoisotopic (exact) mass is 240 g/mol. The number of halogens is 2. The Labute approximate surface area is 95.1 Å². The van der Waals surface area contributed by atoms with Crippen molar-refractivity contribution in [3.8, 4) is 11.3 Å². The molecular weight excluding hydrogens is 235 g/mol. The van der Waals surface area contributed by atoms with Crippen molar-refractivity contribution in [3.63, 3.8) is 0 Å². The lowest BCUT2D eigenvalue weighted by Gasteiger charge is -1.98. The zero-order chi connectivity index (χ0) is 11.7. The largest absolute Gasteiger partial charge is 0.475 e. The van der Waals surface area contributed by atoms with Gasteiger partial charge in [-0.1, -0.05) is 11.6 Å². The van der Waals surface area contributed by atoms with Gasteiger partial charge in [-0.05, 0) is 30.3 Å². The highest BCUT2D eigenvalue weighted by atomic mass is 35.5. The molecule has 0 aliphatic carbocycles. The number of rotatable bonds is 2. The molecule has 2 rings (SSSR count). The van der Waals surface area contributed by atoms with Crippen LogP contribution in [-0.4, -0.2) is 11.1 Å². The van der Waals surface area contributed by atoms with E-state index < -0.39 is 11.8 Å². The molecule has 0 saturated carbocycles. The molecule has 0 saturated heterocycles. The minimum absolute atomic E-state index is 0.0363. The SMILES string of the molecule is O=C(O)c1ccc(-c2ccc(F)c(Cl)c2)o1. The third-order valence-electron chi connectivity index (χ3n) is 2.02. The minimum Gasteiger partial charge on any atom is -0.475 e. The van der Waals surface area contributed by atoms with Crippen LogP contribution in [0.4, 0.5) is 4.39 Å². The number of carboxylic acid groups (broad SMARTS) is 1. The molecule has 1 aromatic carbocycles. The number of aromatic carboxylic acids is 1. The average Bonchev–Trinajstić information content (AvgIpc) is 2.71. The zero-order valence-corrected chi connectivity index (χ0v) is 8.66. The molecule has 0 spiro atoms. The molecule has 0 unspecified atom stereocenters. The minimum atomic E-state index is -1.15. The van der Waals surface area contributed by atoms with Crippen LogP contribution < -0.4 is 0 Å². The van der Waals surface area contributed by atoms with Crippen molar-refractivity contribution in [1.82, 2.24) is 0 Å². The molecule has 0 bridgehead atoms. The van der Waals surface area contributed by atoms with Crippen LogP contribution in [0.3, 0.4) is 0 Å². The van der Waals surface area contributed by atoms with E-state index in [0.717, 1.165) is 0 Å². The van der Waals surface area contributed by atoms with Crippen LogP contribution in [0.15, 0.2) is 34.7 Å². The highest BCUT2D eigenvalue weighted by molar-refractivity contribution is 6.31. The molecule has 0 amide bonds. The Morgan fingerprint density at radius 2 is 2.06 bits per heavy atom. The number of carboxylic acids is 1. The third-order valence-corrected chi connectivity index (χ3v) is 2.31. The first-order valence-electron chi connectivity index (χ1n) is 4.36. The summed E-state index contributed by atoms with van der Waals surface area (Å²) in [6.07, 6.45) is 0. The lowest BCUT2D eigenvalue weighted by Crippen LogP contribution is -1.91. The van der Waals surface area contributed by atoms with Gasteiger partial charge in [0.15, 0.2) is 0 Å². The highest BCUT2D eigenvalue weighted by Crippen LogP contribution is 2.26. The topological polar surface area (TPSA) is 50.4 Å². The highest BCUT2D eigenvalue weighted by Gasteiger charge is 2.11. The summed E-state index contributed by atoms with van der Waals surface area (Å²) in [4.78, 5) is 10.6. The van der Waals surface area contributed by atoms with Crippen LogP contribution in [0.25, 0.3) is 11.3 Å². The van der Waals surface area contributed by atoms with E-state index in [2.05, 4.69) is 0 Å². The fourth-order valence-corrected chi connectivity index (χ4v) is 1.44. The van der Waals surface area contributed by atoms with Crippen molar-refractivity contribution in [2.24, 2.45) is 0 Å². The molecule has 1 N–H and O–H groups in total. The second-order valence-electron chi connectivity index (χ2n) is 3.10. The average molecular weight is 241 g/mol. The molecule has 0 atom stereocenters. The van der Waals surface area contributed by atoms with Crippen molar-refractivity contribution in [2.45, 2.75) is 0 Å². The van der Waals surface area contributed by atoms with Crippen LogP contribution in [0.2, 0.25) is 5.02 Å². The van der Waals surface area contributed by atoms with Gasteiger partial charge in [0.05, 0.1) is 5.02 Å². The summed E-state index contributed by atoms with van der Waals surface area (Å²) in [5, 5.41) is 8.63. The molecule has 82 valence electrons. The van der Waals surface area contributed by atoms with Crippen LogP contribution in [0.5, 0.6) is 0 Å². The summed E-state index contributed by atoms with van der Waals surface area (Å²) >= 11 is 5.60. The number of carbonyl (C=O) groups is 1. The van der Waals surface area contributed by atoms with E-state index >= 15 is 0 Å². The lowest BCUT2D eigenvalue weighted by atomic mass is 10.2. The first kappa shape index (κ1) is 10.7. The van der Waals surface area contributed by atoms with Crippen LogP contribution >= 0.6 is 11.6 Å². The predicted octanol–water partition coefficient (Wildman–Crippen LogP) is 3.44. The Morgan fingerprint density at radius 3 is 2.62 bits per heavy atom. The normalized spacial score (nSPS) is 10.4. The summed E-state index contributed by atoms with van der Waals surface area (Å²) in [5.41, 5.74) is 0.527. The van der Waals surface area contributed by atoms with Crippen molar-refractivity contribution in [2.75, 3.05) is 0 Å². The van der Waals surface area contributed by atoms with Gasteiger partial charge in [-0.3, -0.25) is 0 Å². The van der Waals surface area contributed by atoms with E-state index in [4.69, 9.17) is 21.1 Å². The standard InChI is InChI=1S/C11H6ClFO3/c12-7-5-6(1-2-8(7)13)9-3-4-10(16-9)11(14)15/h1-5H,(H,14,15). The summed E-state index contributed by atoms with van der Waals surface area (Å²) < 4.78 is 17.9. The maximum absolute atomic E-state index is 12.9. The molecule has 2 aromatic rings. The summed E-state index contributed by atoms with van der Waals surface area (Å²) in [6, 6.07) is 6.86. The van der Waals surface area contributed by atoms with Gasteiger partial charge in [0.25, 0.3) is 0 Å². The first-order valence-corrected chi connectivity index (χ1v) is 4.74. The van der Waals surface area contributed by atoms with E-state index in [0.29, 0.717) is 11.3 Å². The van der Waals surface area contributed by atoms with Gasteiger partial charge < -0.3 is 9.52 Å². The Bertz CT molecular complexity index is 548. The second kappa shape index (κ2) is 3.98. The van der Waals surface area contributed by atoms with Crippen molar-refractivity contribution in [3.05, 3.63) is 46.9 Å². The number of benzene rings is 1. The Hall–Kier alpha value is -1.81. The smallest absolute Gasteiger partial charge is 0.371 e. The summed E-state index contributed by atoms with van der Waals surface area (Å²) in [7, 11) is 0. The van der Waals surface area contributed by atoms with Gasteiger partial charge in [0.2, 0.25) is 5.76 Å². The molecule has 0 aliphatic rings. The van der Waals surface area contributed by atoms with Crippen LogP contribution in [0.1, 0.15) is 10.6 Å². The molecule has 1 heterocycles. The molecule has 16 heavy (non-hydrogen) atoms. The second-order valence-corrected chi connectivity index (χ2v) is 3.51. The maximum atomic E-state index is 12.9. The Morgan fingerprint density at radius 1 is 1.31 bits per heavy atom. The van der Waals surface area contributed by atoms with Gasteiger partial charge in [0, 0.05) is 5.56 Å². The molecule has 5 heteroatoms. The van der Waals surface area contributed by atoms with Gasteiger partial charge in [-0.25, -0.2) is 9.18 Å². The van der Waals surface area contributed by atoms with Gasteiger partial charge in [0.1, 0.15) is 11.6 Å². The first-order chi connectivity index (χ1) is 7.58. The Kier molecular flexibility index (Phi) is 2.66.